The molecule has 1 aliphatic rings. The van der Waals surface area contributed by atoms with E-state index in [4.69, 9.17) is 9.47 Å². The summed E-state index contributed by atoms with van der Waals surface area (Å²) < 4.78 is 9.89. The van der Waals surface area contributed by atoms with Crippen molar-refractivity contribution in [1.82, 2.24) is 0 Å². The van der Waals surface area contributed by atoms with Crippen LogP contribution in [0.4, 0.5) is 0 Å². The van der Waals surface area contributed by atoms with Gasteiger partial charge >= 0.3 is 11.9 Å². The van der Waals surface area contributed by atoms with Gasteiger partial charge in [-0.2, -0.15) is 0 Å². The lowest BCUT2D eigenvalue weighted by atomic mass is 9.80. The number of ether oxygens (including phenoxy) is 2. The zero-order valence-electron chi connectivity index (χ0n) is 14.9. The monoisotopic (exact) mass is 368 g/mol. The topological polar surface area (TPSA) is 107 Å². The molecular weight excluding hydrogens is 352 g/mol. The lowest BCUT2D eigenvalue weighted by Gasteiger charge is -2.22. The molecule has 0 aliphatic heterocycles. The Morgan fingerprint density at radius 2 is 1.67 bits per heavy atom. The van der Waals surface area contributed by atoms with Crippen LogP contribution in [0.2, 0.25) is 0 Å². The maximum absolute atomic E-state index is 13.0. The van der Waals surface area contributed by atoms with E-state index in [2.05, 4.69) is 0 Å². The van der Waals surface area contributed by atoms with Gasteiger partial charge in [0.15, 0.2) is 11.6 Å². The zero-order chi connectivity index (χ0) is 19.9. The zero-order valence-corrected chi connectivity index (χ0v) is 14.9. The van der Waals surface area contributed by atoms with Gasteiger partial charge in [-0.3, -0.25) is 19.2 Å². The lowest BCUT2D eigenvalue weighted by molar-refractivity contribution is -0.142. The van der Waals surface area contributed by atoms with Gasteiger partial charge in [0.05, 0.1) is 5.56 Å². The molecule has 3 rings (SSSR count). The van der Waals surface area contributed by atoms with Gasteiger partial charge in [-0.05, 0) is 30.7 Å². The number of fused-ring (bicyclic) bond motifs is 2. The third kappa shape index (κ3) is 3.19. The maximum Gasteiger partial charge on any atom is 0.308 e. The normalized spacial score (nSPS) is 12.3. The van der Waals surface area contributed by atoms with Gasteiger partial charge in [0.1, 0.15) is 18.1 Å². The third-order valence-electron chi connectivity index (χ3n) is 4.21. The van der Waals surface area contributed by atoms with Crippen LogP contribution in [-0.2, 0) is 20.9 Å². The SMILES string of the molecule is CC(=O)OCc1ccc2c(c1O)C(=O)c1c(C)cc(OC(C)=O)cc1C2=O. The highest BCUT2D eigenvalue weighted by atomic mass is 16.5. The molecular formula is C20H16O7. The largest absolute Gasteiger partial charge is 0.507 e. The number of phenols is 1. The van der Waals surface area contributed by atoms with Crippen LogP contribution in [0.3, 0.4) is 0 Å². The Morgan fingerprint density at radius 3 is 2.30 bits per heavy atom. The number of aromatic hydroxyl groups is 1. The van der Waals surface area contributed by atoms with Crippen LogP contribution < -0.4 is 4.74 Å². The number of carbonyl (C=O) groups is 4. The summed E-state index contributed by atoms with van der Waals surface area (Å²) in [6.45, 7) is 3.86. The molecule has 7 heteroatoms. The maximum atomic E-state index is 13.0. The summed E-state index contributed by atoms with van der Waals surface area (Å²) in [7, 11) is 0. The third-order valence-corrected chi connectivity index (χ3v) is 4.21. The first-order valence-electron chi connectivity index (χ1n) is 8.11. The molecule has 27 heavy (non-hydrogen) atoms. The molecule has 1 N–H and O–H groups in total. The Labute approximate surface area is 154 Å². The van der Waals surface area contributed by atoms with E-state index < -0.39 is 23.5 Å². The molecule has 0 radical (unpaired) electrons. The molecule has 0 bridgehead atoms. The van der Waals surface area contributed by atoms with E-state index in [9.17, 15) is 24.3 Å². The minimum absolute atomic E-state index is 0.0379. The Morgan fingerprint density at radius 1 is 0.963 bits per heavy atom. The van der Waals surface area contributed by atoms with Crippen LogP contribution in [0.1, 0.15) is 56.8 Å². The fourth-order valence-electron chi connectivity index (χ4n) is 3.08. The van der Waals surface area contributed by atoms with Gasteiger partial charge in [-0.1, -0.05) is 6.07 Å². The van der Waals surface area contributed by atoms with E-state index in [0.717, 1.165) is 0 Å². The van der Waals surface area contributed by atoms with Crippen molar-refractivity contribution in [2.24, 2.45) is 0 Å². The molecule has 0 atom stereocenters. The van der Waals surface area contributed by atoms with Crippen molar-refractivity contribution in [3.05, 3.63) is 57.6 Å². The van der Waals surface area contributed by atoms with Gasteiger partial charge in [-0.15, -0.1) is 0 Å². The van der Waals surface area contributed by atoms with Crippen molar-refractivity contribution in [2.75, 3.05) is 0 Å². The summed E-state index contributed by atoms with van der Waals surface area (Å²) in [4.78, 5) is 48.1. The van der Waals surface area contributed by atoms with Crippen molar-refractivity contribution in [1.29, 1.82) is 0 Å². The van der Waals surface area contributed by atoms with Crippen LogP contribution in [0.15, 0.2) is 24.3 Å². The number of phenolic OH excluding ortho intramolecular Hbond substituents is 1. The smallest absolute Gasteiger partial charge is 0.308 e. The average molecular weight is 368 g/mol. The number of hydrogen-bond acceptors (Lipinski definition) is 7. The quantitative estimate of drug-likeness (QED) is 0.559. The molecule has 138 valence electrons. The predicted octanol–water partition coefficient (Wildman–Crippen LogP) is 2.46. The highest BCUT2D eigenvalue weighted by molar-refractivity contribution is 6.30. The van der Waals surface area contributed by atoms with E-state index in [-0.39, 0.29) is 45.9 Å². The minimum atomic E-state index is -0.544. The number of esters is 2. The summed E-state index contributed by atoms with van der Waals surface area (Å²) in [6, 6.07) is 5.66. The van der Waals surface area contributed by atoms with Crippen LogP contribution in [0.25, 0.3) is 0 Å². The van der Waals surface area contributed by atoms with Gasteiger partial charge in [0.2, 0.25) is 0 Å². The van der Waals surface area contributed by atoms with Gasteiger partial charge in [-0.25, -0.2) is 0 Å². The van der Waals surface area contributed by atoms with Crippen molar-refractivity contribution >= 4 is 23.5 Å². The number of ketones is 2. The Hall–Kier alpha value is -3.48. The summed E-state index contributed by atoms with van der Waals surface area (Å²) in [6.07, 6.45) is 0. The minimum Gasteiger partial charge on any atom is -0.507 e. The first kappa shape index (κ1) is 18.3. The summed E-state index contributed by atoms with van der Waals surface area (Å²) in [5, 5.41) is 10.5. The van der Waals surface area contributed by atoms with Crippen molar-refractivity contribution in [3.63, 3.8) is 0 Å². The Kier molecular flexibility index (Phi) is 4.53. The van der Waals surface area contributed by atoms with Crippen LogP contribution in [0, 0.1) is 6.92 Å². The molecule has 0 saturated carbocycles. The second-order valence-electron chi connectivity index (χ2n) is 6.19. The van der Waals surface area contributed by atoms with Crippen molar-refractivity contribution < 1.29 is 33.8 Å². The van der Waals surface area contributed by atoms with E-state index in [0.29, 0.717) is 5.56 Å². The second kappa shape index (κ2) is 6.68. The molecule has 0 unspecified atom stereocenters. The Balaban J connectivity index is 2.13. The summed E-state index contributed by atoms with van der Waals surface area (Å²) in [5.41, 5.74) is 0.830. The van der Waals surface area contributed by atoms with Crippen LogP contribution in [0.5, 0.6) is 11.5 Å². The van der Waals surface area contributed by atoms with Gasteiger partial charge < -0.3 is 14.6 Å². The summed E-state index contributed by atoms with van der Waals surface area (Å²) in [5.74, 6) is -2.29. The highest BCUT2D eigenvalue weighted by Crippen LogP contribution is 2.37. The van der Waals surface area contributed by atoms with Gasteiger partial charge in [0.25, 0.3) is 0 Å². The van der Waals surface area contributed by atoms with Crippen molar-refractivity contribution in [3.8, 4) is 11.5 Å². The fourth-order valence-corrected chi connectivity index (χ4v) is 3.08. The standard InChI is InChI=1S/C20H16O7/c1-9-6-13(27-11(3)22)7-15-16(9)20(25)17-14(19(15)24)5-4-12(18(17)23)8-26-10(2)21/h4-7,23H,8H2,1-3H3. The molecule has 2 aromatic carbocycles. The van der Waals surface area contributed by atoms with E-state index in [1.54, 1.807) is 6.92 Å². The van der Waals surface area contributed by atoms with E-state index >= 15 is 0 Å². The lowest BCUT2D eigenvalue weighted by Crippen LogP contribution is -2.23. The summed E-state index contributed by atoms with van der Waals surface area (Å²) >= 11 is 0. The molecule has 0 saturated heterocycles. The van der Waals surface area contributed by atoms with Crippen LogP contribution in [-0.4, -0.2) is 28.6 Å². The first-order valence-corrected chi connectivity index (χ1v) is 8.11. The number of rotatable bonds is 3. The molecule has 1 aliphatic carbocycles. The van der Waals surface area contributed by atoms with E-state index in [1.165, 1.54) is 38.1 Å². The molecule has 2 aromatic rings. The molecule has 0 fully saturated rings. The molecule has 0 heterocycles. The predicted molar refractivity (Wildman–Crippen MR) is 92.9 cm³/mol. The Bertz CT molecular complexity index is 1020. The number of carbonyl (C=O) groups excluding carboxylic acids is 4. The van der Waals surface area contributed by atoms with Crippen molar-refractivity contribution in [2.45, 2.75) is 27.4 Å². The number of benzene rings is 2. The van der Waals surface area contributed by atoms with Crippen LogP contribution >= 0.6 is 0 Å². The molecule has 0 spiro atoms. The number of hydrogen-bond donors (Lipinski definition) is 1. The van der Waals surface area contributed by atoms with E-state index in [1.807, 2.05) is 0 Å². The average Bonchev–Trinajstić information content (AvgIpc) is 2.57. The molecule has 7 nitrogen and oxygen atoms in total. The first-order chi connectivity index (χ1) is 12.7. The fraction of sp³-hybridized carbons (Fsp3) is 0.200. The molecule has 0 aromatic heterocycles. The second-order valence-corrected chi connectivity index (χ2v) is 6.19. The van der Waals surface area contributed by atoms with Gasteiger partial charge in [0, 0.05) is 36.1 Å². The number of aryl methyl sites for hydroxylation is 1. The highest BCUT2D eigenvalue weighted by Gasteiger charge is 2.34. The molecule has 0 amide bonds.